The molecule has 0 radical (unpaired) electrons. The lowest BCUT2D eigenvalue weighted by atomic mass is 10.0. The van der Waals surface area contributed by atoms with E-state index in [1.54, 1.807) is 0 Å². The van der Waals surface area contributed by atoms with Crippen LogP contribution in [0.4, 0.5) is 0 Å². The molecule has 0 saturated carbocycles. The fourth-order valence-electron chi connectivity index (χ4n) is 2.62. The topological polar surface area (TPSA) is 64.9 Å². The number of aromatic nitrogens is 2. The van der Waals surface area contributed by atoms with Crippen molar-refractivity contribution >= 4 is 0 Å². The van der Waals surface area contributed by atoms with Crippen LogP contribution in [0.3, 0.4) is 0 Å². The van der Waals surface area contributed by atoms with E-state index < -0.39 is 0 Å². The lowest BCUT2D eigenvalue weighted by Crippen LogP contribution is -2.06. The largest absolute Gasteiger partial charge is 0.339 e. The zero-order chi connectivity index (χ0) is 15.2. The molecule has 21 heavy (non-hydrogen) atoms. The maximum Gasteiger partial charge on any atom is 0.226 e. The molecule has 2 N–H and O–H groups in total. The molecule has 1 heterocycles. The maximum absolute atomic E-state index is 5.56. The van der Waals surface area contributed by atoms with E-state index in [4.69, 9.17) is 10.3 Å². The van der Waals surface area contributed by atoms with E-state index in [-0.39, 0.29) is 0 Å². The predicted octanol–water partition coefficient (Wildman–Crippen LogP) is 3.19. The van der Waals surface area contributed by atoms with Gasteiger partial charge in [0.05, 0.1) is 0 Å². The van der Waals surface area contributed by atoms with E-state index >= 15 is 0 Å². The summed E-state index contributed by atoms with van der Waals surface area (Å²) in [5, 5.41) is 4.08. The Balaban J connectivity index is 1.93. The fraction of sp³-hybridized carbons (Fsp3) is 0.529. The Morgan fingerprint density at radius 2 is 1.86 bits per heavy atom. The third-order valence-electron chi connectivity index (χ3n) is 3.66. The van der Waals surface area contributed by atoms with E-state index in [0.717, 1.165) is 43.9 Å². The molecule has 0 saturated heterocycles. The summed E-state index contributed by atoms with van der Waals surface area (Å²) in [4.78, 5) is 4.49. The molecule has 0 aliphatic heterocycles. The lowest BCUT2D eigenvalue weighted by molar-refractivity contribution is 0.358. The first kappa shape index (κ1) is 15.7. The zero-order valence-electron chi connectivity index (χ0n) is 13.2. The van der Waals surface area contributed by atoms with Gasteiger partial charge in [0.2, 0.25) is 5.89 Å². The summed E-state index contributed by atoms with van der Waals surface area (Å²) in [6.45, 7) is 7.16. The summed E-state index contributed by atoms with van der Waals surface area (Å²) in [6, 6.07) is 6.52. The molecule has 1 atom stereocenters. The summed E-state index contributed by atoms with van der Waals surface area (Å²) in [5.41, 5.74) is 9.33. The number of rotatable bonds is 7. The van der Waals surface area contributed by atoms with Crippen LogP contribution in [0.15, 0.2) is 22.7 Å². The van der Waals surface area contributed by atoms with Crippen LogP contribution in [0.2, 0.25) is 0 Å². The molecule has 0 aliphatic carbocycles. The van der Waals surface area contributed by atoms with E-state index in [1.807, 2.05) is 0 Å². The third kappa shape index (κ3) is 4.97. The Morgan fingerprint density at radius 3 is 2.52 bits per heavy atom. The van der Waals surface area contributed by atoms with Gasteiger partial charge in [-0.25, -0.2) is 0 Å². The Kier molecular flexibility index (Phi) is 5.51. The molecule has 1 aromatic heterocycles. The Hall–Kier alpha value is -1.68. The van der Waals surface area contributed by atoms with E-state index in [2.05, 4.69) is 49.1 Å². The molecule has 2 rings (SSSR count). The maximum atomic E-state index is 5.56. The number of hydrogen-bond acceptors (Lipinski definition) is 4. The van der Waals surface area contributed by atoms with Gasteiger partial charge < -0.3 is 10.3 Å². The van der Waals surface area contributed by atoms with Crippen molar-refractivity contribution in [1.29, 1.82) is 0 Å². The number of nitrogens with two attached hydrogens (primary N) is 1. The van der Waals surface area contributed by atoms with Crippen LogP contribution in [0.1, 0.15) is 48.2 Å². The first-order valence-corrected chi connectivity index (χ1v) is 7.65. The molecule has 1 aromatic carbocycles. The zero-order valence-corrected chi connectivity index (χ0v) is 13.2. The molecule has 0 fully saturated rings. The average Bonchev–Trinajstić information content (AvgIpc) is 2.83. The first-order chi connectivity index (χ1) is 10.1. The Morgan fingerprint density at radius 1 is 1.14 bits per heavy atom. The van der Waals surface area contributed by atoms with E-state index in [1.165, 1.54) is 16.7 Å². The van der Waals surface area contributed by atoms with Gasteiger partial charge in [0.15, 0.2) is 5.82 Å². The van der Waals surface area contributed by atoms with Crippen molar-refractivity contribution in [2.75, 3.05) is 6.54 Å². The van der Waals surface area contributed by atoms with Gasteiger partial charge in [0.1, 0.15) is 0 Å². The van der Waals surface area contributed by atoms with Gasteiger partial charge in [-0.2, -0.15) is 4.98 Å². The van der Waals surface area contributed by atoms with Gasteiger partial charge in [0.25, 0.3) is 0 Å². The van der Waals surface area contributed by atoms with Crippen LogP contribution in [-0.4, -0.2) is 16.7 Å². The Bertz CT molecular complexity index is 557. The minimum absolute atomic E-state index is 0.602. The first-order valence-electron chi connectivity index (χ1n) is 7.65. The standard InChI is InChI=1S/C17H25N3O/c1-12(6-7-18)4-5-17-19-16(20-21-17)11-15-9-13(2)8-14(3)10-15/h8-10,12H,4-7,11,18H2,1-3H3. The number of aryl methyl sites for hydroxylation is 3. The van der Waals surface area contributed by atoms with Gasteiger partial charge in [-0.05, 0) is 44.7 Å². The molecule has 4 heteroatoms. The molecule has 0 spiro atoms. The van der Waals surface area contributed by atoms with Crippen molar-refractivity contribution in [3.63, 3.8) is 0 Å². The van der Waals surface area contributed by atoms with Crippen LogP contribution in [-0.2, 0) is 12.8 Å². The van der Waals surface area contributed by atoms with Gasteiger partial charge >= 0.3 is 0 Å². The van der Waals surface area contributed by atoms with Gasteiger partial charge in [-0.15, -0.1) is 0 Å². The molecule has 4 nitrogen and oxygen atoms in total. The monoisotopic (exact) mass is 287 g/mol. The second-order valence-corrected chi connectivity index (χ2v) is 6.00. The van der Waals surface area contributed by atoms with Crippen molar-refractivity contribution in [2.24, 2.45) is 11.7 Å². The summed E-state index contributed by atoms with van der Waals surface area (Å²) >= 11 is 0. The molecule has 1 unspecified atom stereocenters. The quantitative estimate of drug-likeness (QED) is 0.849. The van der Waals surface area contributed by atoms with Gasteiger partial charge in [0, 0.05) is 12.8 Å². The smallest absolute Gasteiger partial charge is 0.226 e. The molecule has 0 aliphatic rings. The molecule has 2 aromatic rings. The van der Waals surface area contributed by atoms with Crippen LogP contribution >= 0.6 is 0 Å². The average molecular weight is 287 g/mol. The number of nitrogens with zero attached hydrogens (tertiary/aromatic N) is 2. The molecule has 114 valence electrons. The third-order valence-corrected chi connectivity index (χ3v) is 3.66. The summed E-state index contributed by atoms with van der Waals surface area (Å²) < 4.78 is 5.33. The molecular formula is C17H25N3O. The van der Waals surface area contributed by atoms with Crippen LogP contribution in [0.25, 0.3) is 0 Å². The van der Waals surface area contributed by atoms with Crippen molar-refractivity contribution in [3.05, 3.63) is 46.6 Å². The second-order valence-electron chi connectivity index (χ2n) is 6.00. The predicted molar refractivity (Wildman–Crippen MR) is 84.2 cm³/mol. The van der Waals surface area contributed by atoms with Crippen molar-refractivity contribution in [2.45, 2.75) is 46.5 Å². The van der Waals surface area contributed by atoms with Crippen molar-refractivity contribution in [1.82, 2.24) is 10.1 Å². The Labute approximate surface area is 126 Å². The van der Waals surface area contributed by atoms with Crippen LogP contribution in [0, 0.1) is 19.8 Å². The minimum atomic E-state index is 0.602. The van der Waals surface area contributed by atoms with Crippen LogP contribution in [0.5, 0.6) is 0 Å². The van der Waals surface area contributed by atoms with Gasteiger partial charge in [-0.3, -0.25) is 0 Å². The molecule has 0 amide bonds. The molecule has 0 bridgehead atoms. The number of hydrogen-bond donors (Lipinski definition) is 1. The number of benzene rings is 1. The highest BCUT2D eigenvalue weighted by atomic mass is 16.5. The van der Waals surface area contributed by atoms with E-state index in [0.29, 0.717) is 5.92 Å². The normalized spacial score (nSPS) is 12.6. The fourth-order valence-corrected chi connectivity index (χ4v) is 2.62. The second kappa shape index (κ2) is 7.36. The highest BCUT2D eigenvalue weighted by Crippen LogP contribution is 2.14. The van der Waals surface area contributed by atoms with Crippen molar-refractivity contribution in [3.8, 4) is 0 Å². The molecular weight excluding hydrogens is 262 g/mol. The SMILES string of the molecule is Cc1cc(C)cc(Cc2noc(CCC(C)CCN)n2)c1. The summed E-state index contributed by atoms with van der Waals surface area (Å²) in [7, 11) is 0. The van der Waals surface area contributed by atoms with E-state index in [9.17, 15) is 0 Å². The van der Waals surface area contributed by atoms with Crippen molar-refractivity contribution < 1.29 is 4.52 Å². The highest BCUT2D eigenvalue weighted by Gasteiger charge is 2.09. The van der Waals surface area contributed by atoms with Crippen LogP contribution < -0.4 is 5.73 Å². The highest BCUT2D eigenvalue weighted by molar-refractivity contribution is 5.30. The minimum Gasteiger partial charge on any atom is -0.339 e. The van der Waals surface area contributed by atoms with Gasteiger partial charge in [-0.1, -0.05) is 41.4 Å². The summed E-state index contributed by atoms with van der Waals surface area (Å²) in [5.74, 6) is 2.10. The summed E-state index contributed by atoms with van der Waals surface area (Å²) in [6.07, 6.45) is 3.65. The lowest BCUT2D eigenvalue weighted by Gasteiger charge is -2.06.